The minimum atomic E-state index is -3.69. The highest BCUT2D eigenvalue weighted by Crippen LogP contribution is 2.25. The molecule has 0 saturated heterocycles. The molecule has 1 amide bonds. The smallest absolute Gasteiger partial charge is 0.221 e. The molecule has 9 heteroatoms. The predicted molar refractivity (Wildman–Crippen MR) is 114 cm³/mol. The Morgan fingerprint density at radius 1 is 1.17 bits per heavy atom. The van der Waals surface area contributed by atoms with Crippen molar-refractivity contribution in [2.75, 3.05) is 12.4 Å². The summed E-state index contributed by atoms with van der Waals surface area (Å²) in [5.41, 5.74) is 1.60. The first-order chi connectivity index (χ1) is 13.7. The summed E-state index contributed by atoms with van der Waals surface area (Å²) in [6.45, 7) is 2.18. The average Bonchev–Trinajstić information content (AvgIpc) is 2.69. The lowest BCUT2D eigenvalue weighted by Gasteiger charge is -2.15. The van der Waals surface area contributed by atoms with Crippen molar-refractivity contribution in [3.63, 3.8) is 0 Å². The zero-order chi connectivity index (χ0) is 21.4. The first kappa shape index (κ1) is 23.2. The van der Waals surface area contributed by atoms with E-state index in [1.54, 1.807) is 19.1 Å². The molecule has 2 aromatic rings. The maximum absolute atomic E-state index is 12.4. The van der Waals surface area contributed by atoms with Crippen LogP contribution >= 0.6 is 23.2 Å². The molecule has 0 aromatic heterocycles. The van der Waals surface area contributed by atoms with Crippen molar-refractivity contribution in [3.8, 4) is 6.07 Å². The third-order valence-electron chi connectivity index (χ3n) is 4.16. The molecule has 29 heavy (non-hydrogen) atoms. The minimum absolute atomic E-state index is 0.0433. The van der Waals surface area contributed by atoms with Crippen molar-refractivity contribution in [3.05, 3.63) is 63.6 Å². The molecule has 0 saturated carbocycles. The van der Waals surface area contributed by atoms with E-state index in [9.17, 15) is 13.2 Å². The standard InChI is InChI=1S/C20H21Cl2N3O3S/c1-14(25-13-29(27,28)19-11-17(21)6-7-18(19)22)10-20(26)24-9-8-15-2-4-16(12-23)5-3-15/h2-7,11,14,25H,8-10,13H2,1H3,(H,24,26). The van der Waals surface area contributed by atoms with Gasteiger partial charge < -0.3 is 10.6 Å². The van der Waals surface area contributed by atoms with E-state index in [0.29, 0.717) is 18.5 Å². The van der Waals surface area contributed by atoms with Crippen molar-refractivity contribution < 1.29 is 13.2 Å². The Morgan fingerprint density at radius 2 is 1.86 bits per heavy atom. The SMILES string of the molecule is CC(CC(=O)NCCc1ccc(C#N)cc1)NCS(=O)(=O)c1cc(Cl)ccc1Cl. The summed E-state index contributed by atoms with van der Waals surface area (Å²) >= 11 is 11.8. The monoisotopic (exact) mass is 453 g/mol. The number of carbonyl (C=O) groups is 1. The van der Waals surface area contributed by atoms with Crippen molar-refractivity contribution in [2.24, 2.45) is 0 Å². The van der Waals surface area contributed by atoms with Crippen LogP contribution < -0.4 is 10.6 Å². The molecule has 0 bridgehead atoms. The maximum Gasteiger partial charge on any atom is 0.221 e. The number of hydrogen-bond acceptors (Lipinski definition) is 5. The lowest BCUT2D eigenvalue weighted by atomic mass is 10.1. The van der Waals surface area contributed by atoms with E-state index >= 15 is 0 Å². The second-order valence-corrected chi connectivity index (χ2v) is 9.35. The fourth-order valence-corrected chi connectivity index (χ4v) is 4.60. The number of rotatable bonds is 9. The number of nitriles is 1. The number of nitrogens with zero attached hydrogens (tertiary/aromatic N) is 1. The Balaban J connectivity index is 1.77. The van der Waals surface area contributed by atoms with Gasteiger partial charge in [-0.2, -0.15) is 5.26 Å². The topological polar surface area (TPSA) is 99.1 Å². The number of amides is 1. The van der Waals surface area contributed by atoms with Crippen LogP contribution in [0.2, 0.25) is 10.0 Å². The molecule has 0 fully saturated rings. The second kappa shape index (κ2) is 10.6. The van der Waals surface area contributed by atoms with Gasteiger partial charge in [0.15, 0.2) is 9.84 Å². The Hall–Kier alpha value is -2.11. The van der Waals surface area contributed by atoms with Gasteiger partial charge in [0.25, 0.3) is 0 Å². The number of sulfone groups is 1. The largest absolute Gasteiger partial charge is 0.356 e. The highest BCUT2D eigenvalue weighted by atomic mass is 35.5. The van der Waals surface area contributed by atoms with E-state index in [1.165, 1.54) is 18.2 Å². The van der Waals surface area contributed by atoms with Crippen molar-refractivity contribution >= 4 is 38.9 Å². The Morgan fingerprint density at radius 3 is 2.52 bits per heavy atom. The number of nitrogens with one attached hydrogen (secondary N) is 2. The van der Waals surface area contributed by atoms with Gasteiger partial charge in [-0.05, 0) is 49.2 Å². The van der Waals surface area contributed by atoms with Crippen LogP contribution in [0.15, 0.2) is 47.4 Å². The molecule has 0 aliphatic rings. The molecule has 154 valence electrons. The fourth-order valence-electron chi connectivity index (χ4n) is 2.56. The molecule has 1 unspecified atom stereocenters. The molecule has 0 spiro atoms. The number of benzene rings is 2. The van der Waals surface area contributed by atoms with Crippen LogP contribution in [0.1, 0.15) is 24.5 Å². The summed E-state index contributed by atoms with van der Waals surface area (Å²) in [4.78, 5) is 12.0. The summed E-state index contributed by atoms with van der Waals surface area (Å²) in [7, 11) is -3.69. The van der Waals surface area contributed by atoms with E-state index in [2.05, 4.69) is 16.7 Å². The van der Waals surface area contributed by atoms with Crippen molar-refractivity contribution in [1.82, 2.24) is 10.6 Å². The van der Waals surface area contributed by atoms with E-state index < -0.39 is 9.84 Å². The molecule has 0 aliphatic carbocycles. The molecule has 1 atom stereocenters. The van der Waals surface area contributed by atoms with Gasteiger partial charge in [-0.3, -0.25) is 4.79 Å². The number of carbonyl (C=O) groups excluding carboxylic acids is 1. The van der Waals surface area contributed by atoms with Crippen LogP contribution in [0.4, 0.5) is 0 Å². The number of halogens is 2. The van der Waals surface area contributed by atoms with Gasteiger partial charge in [0.05, 0.1) is 21.6 Å². The molecule has 0 heterocycles. The minimum Gasteiger partial charge on any atom is -0.356 e. The van der Waals surface area contributed by atoms with Crippen LogP contribution in [0.25, 0.3) is 0 Å². The van der Waals surface area contributed by atoms with Crippen LogP contribution in [0, 0.1) is 11.3 Å². The van der Waals surface area contributed by atoms with Gasteiger partial charge in [0, 0.05) is 24.0 Å². The molecule has 2 N–H and O–H groups in total. The van der Waals surface area contributed by atoms with Gasteiger partial charge >= 0.3 is 0 Å². The zero-order valence-corrected chi connectivity index (χ0v) is 18.1. The average molecular weight is 454 g/mol. The molecular weight excluding hydrogens is 433 g/mol. The summed E-state index contributed by atoms with van der Waals surface area (Å²) in [6, 6.07) is 13.1. The molecule has 2 rings (SSSR count). The molecule has 0 aliphatic heterocycles. The Labute approximate surface area is 180 Å². The zero-order valence-electron chi connectivity index (χ0n) is 15.8. The van der Waals surface area contributed by atoms with Gasteiger partial charge in [0.2, 0.25) is 5.91 Å². The summed E-state index contributed by atoms with van der Waals surface area (Å²) < 4.78 is 24.9. The number of hydrogen-bond donors (Lipinski definition) is 2. The lowest BCUT2D eigenvalue weighted by Crippen LogP contribution is -2.37. The van der Waals surface area contributed by atoms with E-state index in [1.807, 2.05) is 12.1 Å². The summed E-state index contributed by atoms with van der Waals surface area (Å²) in [5.74, 6) is -0.538. The van der Waals surface area contributed by atoms with Crippen molar-refractivity contribution in [1.29, 1.82) is 5.26 Å². The predicted octanol–water partition coefficient (Wildman–Crippen LogP) is 3.32. The highest BCUT2D eigenvalue weighted by Gasteiger charge is 2.20. The van der Waals surface area contributed by atoms with Gasteiger partial charge in [-0.25, -0.2) is 8.42 Å². The lowest BCUT2D eigenvalue weighted by molar-refractivity contribution is -0.121. The molecule has 0 radical (unpaired) electrons. The molecule has 2 aromatic carbocycles. The fraction of sp³-hybridized carbons (Fsp3) is 0.300. The van der Waals surface area contributed by atoms with Crippen molar-refractivity contribution in [2.45, 2.75) is 30.7 Å². The Bertz CT molecular complexity index is 1000. The molecule has 6 nitrogen and oxygen atoms in total. The first-order valence-corrected chi connectivity index (χ1v) is 11.3. The van der Waals surface area contributed by atoms with E-state index in [0.717, 1.165) is 5.56 Å². The van der Waals surface area contributed by atoms with Gasteiger partial charge in [0.1, 0.15) is 5.88 Å². The van der Waals surface area contributed by atoms with Crippen LogP contribution in [-0.2, 0) is 21.1 Å². The van der Waals surface area contributed by atoms with E-state index in [4.69, 9.17) is 28.5 Å². The Kier molecular flexibility index (Phi) is 8.47. The van der Waals surface area contributed by atoms with Crippen LogP contribution in [0.3, 0.4) is 0 Å². The highest BCUT2D eigenvalue weighted by molar-refractivity contribution is 7.91. The summed E-state index contributed by atoms with van der Waals surface area (Å²) in [5, 5.41) is 14.8. The first-order valence-electron chi connectivity index (χ1n) is 8.88. The quantitative estimate of drug-likeness (QED) is 0.606. The van der Waals surface area contributed by atoms with Gasteiger partial charge in [-0.15, -0.1) is 0 Å². The summed E-state index contributed by atoms with van der Waals surface area (Å²) in [6.07, 6.45) is 0.771. The van der Waals surface area contributed by atoms with Crippen LogP contribution in [0.5, 0.6) is 0 Å². The van der Waals surface area contributed by atoms with Crippen LogP contribution in [-0.4, -0.2) is 32.8 Å². The second-order valence-electron chi connectivity index (χ2n) is 6.55. The normalized spacial score (nSPS) is 12.2. The third kappa shape index (κ3) is 7.33. The van der Waals surface area contributed by atoms with Gasteiger partial charge in [-0.1, -0.05) is 35.3 Å². The van der Waals surface area contributed by atoms with E-state index in [-0.39, 0.29) is 39.2 Å². The third-order valence-corrected chi connectivity index (χ3v) is 6.39. The maximum atomic E-state index is 12.4. The molecular formula is C20H21Cl2N3O3S.